The molecule has 0 N–H and O–H groups in total. The molecular weight excluding hydrogens is 510 g/mol. The van der Waals surface area contributed by atoms with E-state index < -0.39 is 5.97 Å². The number of ether oxygens (including phenoxy) is 2. The summed E-state index contributed by atoms with van der Waals surface area (Å²) in [4.78, 5) is 29.5. The van der Waals surface area contributed by atoms with Gasteiger partial charge in [-0.05, 0) is 54.8 Å². The van der Waals surface area contributed by atoms with Gasteiger partial charge in [0.05, 0.1) is 29.2 Å². The van der Waals surface area contributed by atoms with Crippen molar-refractivity contribution in [3.63, 3.8) is 0 Å². The molecule has 1 heterocycles. The van der Waals surface area contributed by atoms with Crippen LogP contribution in [0.25, 0.3) is 10.9 Å². The Morgan fingerprint density at radius 2 is 2.03 bits per heavy atom. The Balaban J connectivity index is 1.69. The number of carbonyl (C=O) groups is 1. The quantitative estimate of drug-likeness (QED) is 0.318. The van der Waals surface area contributed by atoms with Crippen LogP contribution in [-0.2, 0) is 9.53 Å². The fraction of sp³-hybridized carbons (Fsp3) is 0.333. The topological polar surface area (TPSA) is 82.8 Å². The maximum absolute atomic E-state index is 13.4. The predicted molar refractivity (Wildman–Crippen MR) is 131 cm³/mol. The van der Waals surface area contributed by atoms with Gasteiger partial charge in [-0.1, -0.05) is 46.8 Å². The molecule has 3 aromatic rings. The highest BCUT2D eigenvalue weighted by molar-refractivity contribution is 9.10. The van der Waals surface area contributed by atoms with Crippen molar-refractivity contribution < 1.29 is 14.3 Å². The molecule has 4 rings (SSSR count). The number of methoxy groups -OCH3 is 1. The molecule has 1 aliphatic carbocycles. The van der Waals surface area contributed by atoms with Gasteiger partial charge in [-0.3, -0.25) is 4.79 Å². The summed E-state index contributed by atoms with van der Waals surface area (Å²) in [6.07, 6.45) is 6.99. The molecule has 0 amide bonds. The molecule has 0 bridgehead atoms. The third-order valence-electron chi connectivity index (χ3n) is 5.66. The second-order valence-corrected chi connectivity index (χ2v) is 9.21. The average molecular weight is 533 g/mol. The van der Waals surface area contributed by atoms with Crippen LogP contribution >= 0.6 is 27.5 Å². The van der Waals surface area contributed by atoms with E-state index in [9.17, 15) is 9.59 Å². The molecule has 7 nitrogen and oxygen atoms in total. The first-order valence-electron chi connectivity index (χ1n) is 10.7. The number of aromatic nitrogens is 2. The van der Waals surface area contributed by atoms with Crippen molar-refractivity contribution >= 4 is 50.6 Å². The van der Waals surface area contributed by atoms with Gasteiger partial charge in [-0.15, -0.1) is 0 Å². The van der Waals surface area contributed by atoms with Gasteiger partial charge in [-0.2, -0.15) is 9.78 Å². The molecule has 9 heteroatoms. The van der Waals surface area contributed by atoms with Gasteiger partial charge < -0.3 is 9.47 Å². The Labute approximate surface area is 204 Å². The molecule has 0 radical (unpaired) electrons. The lowest BCUT2D eigenvalue weighted by molar-refractivity contribution is -0.142. The summed E-state index contributed by atoms with van der Waals surface area (Å²) in [5.74, 6) is 0.738. The van der Waals surface area contributed by atoms with Crippen LogP contribution in [0.15, 0.2) is 50.8 Å². The molecule has 2 aromatic carbocycles. The largest absolute Gasteiger partial charge is 0.480 e. The van der Waals surface area contributed by atoms with E-state index in [1.54, 1.807) is 30.5 Å². The van der Waals surface area contributed by atoms with Gasteiger partial charge in [0.1, 0.15) is 11.6 Å². The van der Waals surface area contributed by atoms with Crippen molar-refractivity contribution in [2.24, 2.45) is 5.10 Å². The van der Waals surface area contributed by atoms with E-state index in [1.165, 1.54) is 18.2 Å². The Hall–Kier alpha value is -2.71. The molecule has 1 saturated carbocycles. The van der Waals surface area contributed by atoms with Crippen molar-refractivity contribution in [3.8, 4) is 5.75 Å². The van der Waals surface area contributed by atoms with Crippen LogP contribution in [0, 0.1) is 0 Å². The molecule has 0 spiro atoms. The summed E-state index contributed by atoms with van der Waals surface area (Å²) in [5.41, 5.74) is 1.15. The second-order valence-electron chi connectivity index (χ2n) is 7.88. The van der Waals surface area contributed by atoms with Crippen molar-refractivity contribution in [1.82, 2.24) is 9.66 Å². The van der Waals surface area contributed by atoms with E-state index in [-0.39, 0.29) is 18.1 Å². The standard InChI is InChI=1S/C24H23BrClN3O4/c1-32-22(30)14-33-21-10-7-15(11-19(21)26)13-27-29-23(16-5-3-2-4-6-16)28-20-9-8-17(25)12-18(20)24(29)31/h7-13,16H,2-6,14H2,1H3. The zero-order chi connectivity index (χ0) is 23.4. The SMILES string of the molecule is COC(=O)COc1ccc(C=Nn2c(C3CCCCC3)nc3ccc(Br)cc3c2=O)cc1Cl. The van der Waals surface area contributed by atoms with Crippen LogP contribution in [0.1, 0.15) is 49.4 Å². The average Bonchev–Trinajstić information content (AvgIpc) is 2.83. The minimum Gasteiger partial charge on any atom is -0.480 e. The van der Waals surface area contributed by atoms with E-state index in [4.69, 9.17) is 21.3 Å². The van der Waals surface area contributed by atoms with Crippen molar-refractivity contribution in [2.45, 2.75) is 38.0 Å². The molecule has 0 atom stereocenters. The molecule has 0 saturated heterocycles. The summed E-state index contributed by atoms with van der Waals surface area (Å²) >= 11 is 9.73. The van der Waals surface area contributed by atoms with Crippen LogP contribution < -0.4 is 10.3 Å². The second kappa shape index (κ2) is 10.5. The summed E-state index contributed by atoms with van der Waals surface area (Å²) in [5, 5.41) is 5.34. The molecule has 1 aromatic heterocycles. The first-order valence-corrected chi connectivity index (χ1v) is 11.9. The van der Waals surface area contributed by atoms with Gasteiger partial charge in [0.25, 0.3) is 5.56 Å². The van der Waals surface area contributed by atoms with Crippen molar-refractivity contribution in [3.05, 3.63) is 67.6 Å². The van der Waals surface area contributed by atoms with Crippen LogP contribution in [-0.4, -0.2) is 35.6 Å². The van der Waals surface area contributed by atoms with Gasteiger partial charge in [0, 0.05) is 10.4 Å². The highest BCUT2D eigenvalue weighted by Crippen LogP contribution is 2.32. The van der Waals surface area contributed by atoms with Crippen LogP contribution in [0.2, 0.25) is 5.02 Å². The minimum absolute atomic E-state index is 0.189. The van der Waals surface area contributed by atoms with Gasteiger partial charge >= 0.3 is 5.97 Å². The number of rotatable bonds is 6. The molecule has 1 aliphatic rings. The van der Waals surface area contributed by atoms with Crippen molar-refractivity contribution in [2.75, 3.05) is 13.7 Å². The maximum Gasteiger partial charge on any atom is 0.343 e. The number of halogens is 2. The third-order valence-corrected chi connectivity index (χ3v) is 6.44. The summed E-state index contributed by atoms with van der Waals surface area (Å²) < 4.78 is 12.2. The molecular formula is C24H23BrClN3O4. The smallest absolute Gasteiger partial charge is 0.343 e. The summed E-state index contributed by atoms with van der Waals surface area (Å²) in [6.45, 7) is -0.234. The van der Waals surface area contributed by atoms with Crippen LogP contribution in [0.5, 0.6) is 5.75 Å². The maximum atomic E-state index is 13.4. The lowest BCUT2D eigenvalue weighted by atomic mass is 9.88. The lowest BCUT2D eigenvalue weighted by Gasteiger charge is -2.22. The van der Waals surface area contributed by atoms with E-state index in [1.807, 2.05) is 12.1 Å². The lowest BCUT2D eigenvalue weighted by Crippen LogP contribution is -2.25. The molecule has 1 fully saturated rings. The van der Waals surface area contributed by atoms with Crippen LogP contribution in [0.4, 0.5) is 0 Å². The summed E-state index contributed by atoms with van der Waals surface area (Å²) in [6, 6.07) is 10.6. The highest BCUT2D eigenvalue weighted by atomic mass is 79.9. The number of benzene rings is 2. The first kappa shape index (κ1) is 23.4. The number of fused-ring (bicyclic) bond motifs is 1. The number of nitrogens with zero attached hydrogens (tertiary/aromatic N) is 3. The van der Waals surface area contributed by atoms with E-state index in [0.717, 1.165) is 30.2 Å². The monoisotopic (exact) mass is 531 g/mol. The fourth-order valence-corrected chi connectivity index (χ4v) is 4.54. The predicted octanol–water partition coefficient (Wildman–Crippen LogP) is 5.29. The molecule has 172 valence electrons. The molecule has 33 heavy (non-hydrogen) atoms. The molecule has 0 unspecified atom stereocenters. The normalized spacial score (nSPS) is 14.6. The fourth-order valence-electron chi connectivity index (χ4n) is 3.94. The molecule has 0 aliphatic heterocycles. The van der Waals surface area contributed by atoms with E-state index in [0.29, 0.717) is 33.1 Å². The number of carbonyl (C=O) groups excluding carboxylic acids is 1. The van der Waals surface area contributed by atoms with Gasteiger partial charge in [0.15, 0.2) is 6.61 Å². The Morgan fingerprint density at radius 1 is 1.24 bits per heavy atom. The highest BCUT2D eigenvalue weighted by Gasteiger charge is 2.22. The Bertz CT molecular complexity index is 1270. The zero-order valence-corrected chi connectivity index (χ0v) is 20.4. The number of hydrogen-bond donors (Lipinski definition) is 0. The Morgan fingerprint density at radius 3 is 2.76 bits per heavy atom. The van der Waals surface area contributed by atoms with E-state index >= 15 is 0 Å². The van der Waals surface area contributed by atoms with Crippen molar-refractivity contribution in [1.29, 1.82) is 0 Å². The first-order chi connectivity index (χ1) is 16.0. The number of esters is 1. The number of hydrogen-bond acceptors (Lipinski definition) is 6. The van der Waals surface area contributed by atoms with E-state index in [2.05, 4.69) is 25.8 Å². The van der Waals surface area contributed by atoms with Gasteiger partial charge in [-0.25, -0.2) is 9.78 Å². The van der Waals surface area contributed by atoms with Crippen LogP contribution in [0.3, 0.4) is 0 Å². The van der Waals surface area contributed by atoms with Gasteiger partial charge in [0.2, 0.25) is 0 Å². The zero-order valence-electron chi connectivity index (χ0n) is 18.1. The minimum atomic E-state index is -0.498. The summed E-state index contributed by atoms with van der Waals surface area (Å²) in [7, 11) is 1.29. The Kier molecular flexibility index (Phi) is 7.45. The third kappa shape index (κ3) is 5.45.